The van der Waals surface area contributed by atoms with Crippen molar-refractivity contribution in [2.75, 3.05) is 0 Å². The zero-order valence-electron chi connectivity index (χ0n) is 17.0. The highest BCUT2D eigenvalue weighted by Gasteiger charge is 2.59. The summed E-state index contributed by atoms with van der Waals surface area (Å²) in [4.78, 5) is 0. The molecule has 0 aliphatic heterocycles. The van der Waals surface area contributed by atoms with E-state index in [1.165, 1.54) is 44.6 Å². The second-order valence-corrected chi connectivity index (χ2v) is 10.6. The third kappa shape index (κ3) is 3.52. The molecule has 4 bridgehead atoms. The van der Waals surface area contributed by atoms with Gasteiger partial charge in [0, 0.05) is 11.1 Å². The first kappa shape index (κ1) is 19.2. The second kappa shape index (κ2) is 6.13. The van der Waals surface area contributed by atoms with E-state index in [1.54, 1.807) is 12.1 Å². The largest absolute Gasteiger partial charge is 0.460 e. The van der Waals surface area contributed by atoms with Gasteiger partial charge in [-0.25, -0.2) is 0 Å². The van der Waals surface area contributed by atoms with Gasteiger partial charge in [0.25, 0.3) is 0 Å². The lowest BCUT2D eigenvalue weighted by molar-refractivity contribution is -0.137. The minimum Gasteiger partial charge on any atom is -0.460 e. The van der Waals surface area contributed by atoms with Crippen LogP contribution in [0.2, 0.25) is 0 Å². The maximum atomic E-state index is 13.0. The Morgan fingerprint density at radius 1 is 1.00 bits per heavy atom. The molecule has 1 aromatic heterocycles. The summed E-state index contributed by atoms with van der Waals surface area (Å²) in [7, 11) is 0. The number of rotatable bonds is 4. The van der Waals surface area contributed by atoms with E-state index in [1.807, 2.05) is 6.07 Å². The van der Waals surface area contributed by atoms with E-state index in [4.69, 9.17) is 4.42 Å². The van der Waals surface area contributed by atoms with E-state index in [9.17, 15) is 13.2 Å². The van der Waals surface area contributed by atoms with E-state index in [0.29, 0.717) is 28.7 Å². The highest BCUT2D eigenvalue weighted by molar-refractivity contribution is 5.58. The average Bonchev–Trinajstić information content (AvgIpc) is 3.05. The summed E-state index contributed by atoms with van der Waals surface area (Å²) in [6.45, 7) is 5.52. The maximum Gasteiger partial charge on any atom is 0.416 e. The Morgan fingerprint density at radius 3 is 2.38 bits per heavy atom. The van der Waals surface area contributed by atoms with Crippen LogP contribution in [0.3, 0.4) is 0 Å². The van der Waals surface area contributed by atoms with Crippen molar-refractivity contribution in [3.05, 3.63) is 47.7 Å². The molecule has 4 saturated carbocycles. The van der Waals surface area contributed by atoms with Crippen molar-refractivity contribution in [1.82, 2.24) is 5.32 Å². The third-order valence-corrected chi connectivity index (χ3v) is 7.40. The van der Waals surface area contributed by atoms with Crippen molar-refractivity contribution >= 4 is 0 Å². The first-order chi connectivity index (χ1) is 13.6. The van der Waals surface area contributed by atoms with Crippen molar-refractivity contribution < 1.29 is 17.6 Å². The van der Waals surface area contributed by atoms with Crippen molar-refractivity contribution in [3.63, 3.8) is 0 Å². The van der Waals surface area contributed by atoms with Gasteiger partial charge in [0.2, 0.25) is 0 Å². The molecule has 2 nitrogen and oxygen atoms in total. The minimum atomic E-state index is -4.35. The van der Waals surface area contributed by atoms with E-state index in [-0.39, 0.29) is 5.54 Å². The van der Waals surface area contributed by atoms with Crippen LogP contribution in [-0.4, -0.2) is 5.54 Å². The summed E-state index contributed by atoms with van der Waals surface area (Å²) in [6, 6.07) is 8.97. The van der Waals surface area contributed by atoms with Crippen LogP contribution in [0, 0.1) is 16.7 Å². The van der Waals surface area contributed by atoms with E-state index in [2.05, 4.69) is 19.2 Å². The van der Waals surface area contributed by atoms with Gasteiger partial charge in [-0.2, -0.15) is 13.2 Å². The molecule has 4 fully saturated rings. The SMILES string of the molecule is CC12CC3CC(C)(C1)CC(NCc1ccc(-c4cccc(C(F)(F)F)c4)o1)(C3)C2. The molecule has 0 amide bonds. The Hall–Kier alpha value is -1.75. The fraction of sp³-hybridized carbons (Fsp3) is 0.583. The molecule has 2 aromatic rings. The van der Waals surface area contributed by atoms with Gasteiger partial charge in [-0.3, -0.25) is 0 Å². The lowest BCUT2D eigenvalue weighted by atomic mass is 9.43. The average molecular weight is 403 g/mol. The van der Waals surface area contributed by atoms with Gasteiger partial charge in [0.1, 0.15) is 11.5 Å². The van der Waals surface area contributed by atoms with Crippen LogP contribution in [0.25, 0.3) is 11.3 Å². The number of halogens is 3. The van der Waals surface area contributed by atoms with Gasteiger partial charge in [0.05, 0.1) is 12.1 Å². The number of alkyl halides is 3. The van der Waals surface area contributed by atoms with Crippen molar-refractivity contribution in [1.29, 1.82) is 0 Å². The van der Waals surface area contributed by atoms with E-state index < -0.39 is 11.7 Å². The van der Waals surface area contributed by atoms with Crippen LogP contribution in [0.1, 0.15) is 63.7 Å². The fourth-order valence-corrected chi connectivity index (χ4v) is 7.40. The summed E-state index contributed by atoms with van der Waals surface area (Å²) >= 11 is 0. The molecule has 2 atom stereocenters. The van der Waals surface area contributed by atoms with Crippen LogP contribution in [0.4, 0.5) is 13.2 Å². The summed E-state index contributed by atoms with van der Waals surface area (Å²) in [6.07, 6.45) is 3.36. The molecule has 156 valence electrons. The molecule has 0 saturated heterocycles. The number of hydrogen-bond donors (Lipinski definition) is 1. The molecule has 4 aliphatic carbocycles. The monoisotopic (exact) mass is 403 g/mol. The molecular weight excluding hydrogens is 375 g/mol. The van der Waals surface area contributed by atoms with Gasteiger partial charge in [-0.1, -0.05) is 26.0 Å². The lowest BCUT2D eigenvalue weighted by Crippen LogP contribution is -2.63. The van der Waals surface area contributed by atoms with Crippen LogP contribution in [-0.2, 0) is 12.7 Å². The molecule has 1 heterocycles. The molecule has 5 heteroatoms. The van der Waals surface area contributed by atoms with E-state index in [0.717, 1.165) is 23.8 Å². The van der Waals surface area contributed by atoms with Gasteiger partial charge >= 0.3 is 6.18 Å². The Bertz CT molecular complexity index is 912. The zero-order valence-corrected chi connectivity index (χ0v) is 17.0. The number of hydrogen-bond acceptors (Lipinski definition) is 2. The van der Waals surface area contributed by atoms with Gasteiger partial charge in [-0.15, -0.1) is 0 Å². The second-order valence-electron chi connectivity index (χ2n) is 10.6. The molecule has 4 aliphatic rings. The Morgan fingerprint density at radius 2 is 1.72 bits per heavy atom. The highest BCUT2D eigenvalue weighted by Crippen LogP contribution is 2.66. The summed E-state index contributed by atoms with van der Waals surface area (Å²) in [5.74, 6) is 2.08. The molecule has 0 radical (unpaired) electrons. The lowest BCUT2D eigenvalue weighted by Gasteiger charge is -2.65. The maximum absolute atomic E-state index is 13.0. The minimum absolute atomic E-state index is 0.173. The van der Waals surface area contributed by atoms with Gasteiger partial charge in [0.15, 0.2) is 0 Å². The molecule has 2 unspecified atom stereocenters. The van der Waals surface area contributed by atoms with Crippen molar-refractivity contribution in [3.8, 4) is 11.3 Å². The molecular formula is C24H28F3NO. The number of nitrogens with one attached hydrogen (secondary N) is 1. The van der Waals surface area contributed by atoms with Crippen LogP contribution in [0.5, 0.6) is 0 Å². The van der Waals surface area contributed by atoms with Gasteiger partial charge in [-0.05, 0) is 79.5 Å². The predicted octanol–water partition coefficient (Wildman–Crippen LogP) is 6.80. The van der Waals surface area contributed by atoms with Crippen LogP contribution < -0.4 is 5.32 Å². The summed E-state index contributed by atoms with van der Waals surface area (Å²) in [5.41, 5.74) is 0.856. The Kier molecular flexibility index (Phi) is 4.06. The molecule has 0 spiro atoms. The van der Waals surface area contributed by atoms with Crippen LogP contribution >= 0.6 is 0 Å². The van der Waals surface area contributed by atoms with Crippen molar-refractivity contribution in [2.24, 2.45) is 16.7 Å². The predicted molar refractivity (Wildman–Crippen MR) is 106 cm³/mol. The molecule has 1 aromatic carbocycles. The van der Waals surface area contributed by atoms with Crippen LogP contribution in [0.15, 0.2) is 40.8 Å². The van der Waals surface area contributed by atoms with Crippen molar-refractivity contribution in [2.45, 2.75) is 70.6 Å². The smallest absolute Gasteiger partial charge is 0.416 e. The molecule has 1 N–H and O–H groups in total. The number of furan rings is 1. The number of benzene rings is 1. The topological polar surface area (TPSA) is 25.2 Å². The fourth-order valence-electron chi connectivity index (χ4n) is 7.40. The summed E-state index contributed by atoms with van der Waals surface area (Å²) < 4.78 is 44.9. The Balaban J connectivity index is 1.32. The standard InChI is InChI=1S/C24H28F3NO/c1-21-9-16-10-22(2,13-21)15-23(11-16,14-21)28-12-19-6-7-20(29-19)17-4-3-5-18(8-17)24(25,26)27/h3-8,16,28H,9-15H2,1-2H3. The molecule has 6 rings (SSSR count). The van der Waals surface area contributed by atoms with Gasteiger partial charge < -0.3 is 9.73 Å². The molecule has 29 heavy (non-hydrogen) atoms. The normalized spacial score (nSPS) is 36.0. The highest BCUT2D eigenvalue weighted by atomic mass is 19.4. The summed E-state index contributed by atoms with van der Waals surface area (Å²) in [5, 5.41) is 3.82. The zero-order chi connectivity index (χ0) is 20.5. The third-order valence-electron chi connectivity index (χ3n) is 7.40. The first-order valence-corrected chi connectivity index (χ1v) is 10.6. The Labute approximate surface area is 169 Å². The quantitative estimate of drug-likeness (QED) is 0.607. The first-order valence-electron chi connectivity index (χ1n) is 10.6. The van der Waals surface area contributed by atoms with E-state index >= 15 is 0 Å².